The van der Waals surface area contributed by atoms with Gasteiger partial charge in [-0.3, -0.25) is 4.90 Å². The van der Waals surface area contributed by atoms with Crippen molar-refractivity contribution in [1.29, 1.82) is 0 Å². The van der Waals surface area contributed by atoms with Crippen molar-refractivity contribution in [1.82, 2.24) is 15.0 Å². The van der Waals surface area contributed by atoms with Crippen molar-refractivity contribution in [3.8, 4) is 17.2 Å². The Morgan fingerprint density at radius 2 is 2.12 bits per heavy atom. The van der Waals surface area contributed by atoms with Gasteiger partial charge in [0.25, 0.3) is 0 Å². The number of rotatable bonds is 5. The fraction of sp³-hybridized carbons (Fsp3) is 0.368. The molecule has 0 saturated carbocycles. The Labute approximate surface area is 146 Å². The highest BCUT2D eigenvalue weighted by Crippen LogP contribution is 2.33. The Hall–Kier alpha value is -2.60. The van der Waals surface area contributed by atoms with E-state index in [9.17, 15) is 0 Å². The van der Waals surface area contributed by atoms with Gasteiger partial charge in [-0.1, -0.05) is 5.16 Å². The maximum Gasteiger partial charge on any atom is 0.226 e. The summed E-state index contributed by atoms with van der Waals surface area (Å²) < 4.78 is 16.3. The molecule has 0 radical (unpaired) electrons. The molecule has 1 fully saturated rings. The van der Waals surface area contributed by atoms with E-state index in [2.05, 4.69) is 15.0 Å². The molecule has 1 aromatic carbocycles. The van der Waals surface area contributed by atoms with Crippen LogP contribution in [-0.4, -0.2) is 28.7 Å². The lowest BCUT2D eigenvalue weighted by Gasteiger charge is -2.20. The zero-order valence-corrected chi connectivity index (χ0v) is 14.4. The average molecular weight is 339 g/mol. The molecule has 0 aliphatic carbocycles. The number of oxazole rings is 1. The molecule has 0 bridgehead atoms. The first-order valence-corrected chi connectivity index (χ1v) is 8.49. The van der Waals surface area contributed by atoms with Gasteiger partial charge in [0, 0.05) is 18.2 Å². The van der Waals surface area contributed by atoms with Crippen molar-refractivity contribution in [2.45, 2.75) is 32.4 Å². The van der Waals surface area contributed by atoms with Crippen molar-refractivity contribution in [2.24, 2.45) is 0 Å². The number of nitrogens with zero attached hydrogens (tertiary/aromatic N) is 3. The van der Waals surface area contributed by atoms with Crippen LogP contribution < -0.4 is 4.74 Å². The maximum atomic E-state index is 5.67. The van der Waals surface area contributed by atoms with Crippen molar-refractivity contribution in [3.05, 3.63) is 53.7 Å². The summed E-state index contributed by atoms with van der Waals surface area (Å²) in [6, 6.07) is 10.00. The van der Waals surface area contributed by atoms with Crippen LogP contribution in [0.3, 0.4) is 0 Å². The summed E-state index contributed by atoms with van der Waals surface area (Å²) >= 11 is 0. The molecule has 3 aromatic rings. The van der Waals surface area contributed by atoms with E-state index in [4.69, 9.17) is 13.7 Å². The summed E-state index contributed by atoms with van der Waals surface area (Å²) in [6.45, 7) is 3.71. The lowest BCUT2D eigenvalue weighted by Crippen LogP contribution is -2.22. The number of likely N-dealkylation sites (tertiary alicyclic amines) is 1. The molecule has 0 N–H and O–H groups in total. The van der Waals surface area contributed by atoms with Crippen LogP contribution >= 0.6 is 0 Å². The van der Waals surface area contributed by atoms with E-state index in [0.717, 1.165) is 54.4 Å². The van der Waals surface area contributed by atoms with E-state index in [-0.39, 0.29) is 6.04 Å². The average Bonchev–Trinajstić information content (AvgIpc) is 3.36. The molecule has 0 spiro atoms. The molecule has 4 rings (SSSR count). The lowest BCUT2D eigenvalue weighted by atomic mass is 10.1. The molecular weight excluding hydrogens is 318 g/mol. The monoisotopic (exact) mass is 339 g/mol. The molecule has 6 nitrogen and oxygen atoms in total. The number of ether oxygens (including phenoxy) is 1. The molecule has 6 heteroatoms. The summed E-state index contributed by atoms with van der Waals surface area (Å²) in [5.74, 6) is 2.38. The first kappa shape index (κ1) is 15.9. The fourth-order valence-corrected chi connectivity index (χ4v) is 3.33. The summed E-state index contributed by atoms with van der Waals surface area (Å²) in [5.41, 5.74) is 2.79. The van der Waals surface area contributed by atoms with Gasteiger partial charge in [0.2, 0.25) is 5.89 Å². The third-order valence-electron chi connectivity index (χ3n) is 4.59. The summed E-state index contributed by atoms with van der Waals surface area (Å²) in [5, 5.41) is 4.01. The predicted octanol–water partition coefficient (Wildman–Crippen LogP) is 3.98. The van der Waals surface area contributed by atoms with E-state index in [1.165, 1.54) is 0 Å². The Bertz CT molecular complexity index is 838. The van der Waals surface area contributed by atoms with Crippen LogP contribution in [0, 0.1) is 6.92 Å². The molecule has 2 aromatic heterocycles. The van der Waals surface area contributed by atoms with Crippen molar-refractivity contribution in [3.63, 3.8) is 0 Å². The SMILES string of the molecule is COc1ccc(-c2nc(CN3CCCC3c3cc(C)no3)co2)cc1. The predicted molar refractivity (Wildman–Crippen MR) is 92.1 cm³/mol. The van der Waals surface area contributed by atoms with E-state index in [0.29, 0.717) is 5.89 Å². The fourth-order valence-electron chi connectivity index (χ4n) is 3.33. The Balaban J connectivity index is 1.48. The third-order valence-corrected chi connectivity index (χ3v) is 4.59. The number of hydrogen-bond donors (Lipinski definition) is 0. The second-order valence-electron chi connectivity index (χ2n) is 6.37. The van der Waals surface area contributed by atoms with Crippen molar-refractivity contribution < 1.29 is 13.7 Å². The van der Waals surface area contributed by atoms with Crippen LogP contribution in [0.15, 0.2) is 45.5 Å². The molecule has 1 unspecified atom stereocenters. The lowest BCUT2D eigenvalue weighted by molar-refractivity contribution is 0.204. The van der Waals surface area contributed by atoms with Gasteiger partial charge in [-0.05, 0) is 50.6 Å². The summed E-state index contributed by atoms with van der Waals surface area (Å²) in [7, 11) is 1.65. The number of aryl methyl sites for hydroxylation is 1. The smallest absolute Gasteiger partial charge is 0.226 e. The Morgan fingerprint density at radius 3 is 2.84 bits per heavy atom. The zero-order chi connectivity index (χ0) is 17.2. The number of hydrogen-bond acceptors (Lipinski definition) is 6. The van der Waals surface area contributed by atoms with Gasteiger partial charge in [0.05, 0.1) is 24.5 Å². The van der Waals surface area contributed by atoms with Gasteiger partial charge in [-0.2, -0.15) is 0 Å². The van der Waals surface area contributed by atoms with Crippen LogP contribution in [-0.2, 0) is 6.54 Å². The number of benzene rings is 1. The third kappa shape index (κ3) is 3.30. The maximum absolute atomic E-state index is 5.67. The van der Waals surface area contributed by atoms with Gasteiger partial charge >= 0.3 is 0 Å². The topological polar surface area (TPSA) is 64.5 Å². The summed E-state index contributed by atoms with van der Waals surface area (Å²) in [4.78, 5) is 7.01. The highest BCUT2D eigenvalue weighted by atomic mass is 16.5. The molecular formula is C19H21N3O3. The van der Waals surface area contributed by atoms with E-state index < -0.39 is 0 Å². The molecule has 130 valence electrons. The molecule has 1 saturated heterocycles. The van der Waals surface area contributed by atoms with E-state index >= 15 is 0 Å². The second kappa shape index (κ2) is 6.72. The summed E-state index contributed by atoms with van der Waals surface area (Å²) in [6.07, 6.45) is 3.96. The largest absolute Gasteiger partial charge is 0.497 e. The second-order valence-corrected chi connectivity index (χ2v) is 6.37. The Kier molecular flexibility index (Phi) is 4.28. The molecule has 0 amide bonds. The minimum Gasteiger partial charge on any atom is -0.497 e. The van der Waals surface area contributed by atoms with Gasteiger partial charge in [0.15, 0.2) is 5.76 Å². The van der Waals surface area contributed by atoms with E-state index in [1.54, 1.807) is 13.4 Å². The van der Waals surface area contributed by atoms with Crippen molar-refractivity contribution in [2.75, 3.05) is 13.7 Å². The first-order chi connectivity index (χ1) is 12.2. The molecule has 25 heavy (non-hydrogen) atoms. The van der Waals surface area contributed by atoms with Gasteiger partial charge in [0.1, 0.15) is 12.0 Å². The van der Waals surface area contributed by atoms with Gasteiger partial charge < -0.3 is 13.7 Å². The standard InChI is InChI=1S/C19H21N3O3/c1-13-10-18(25-21-13)17-4-3-9-22(17)11-15-12-24-19(20-15)14-5-7-16(23-2)8-6-14/h5-8,10,12,17H,3-4,9,11H2,1-2H3. The number of aromatic nitrogens is 2. The quantitative estimate of drug-likeness (QED) is 0.700. The van der Waals surface area contributed by atoms with Gasteiger partial charge in [-0.25, -0.2) is 4.98 Å². The van der Waals surface area contributed by atoms with Crippen LogP contribution in [0.1, 0.15) is 36.0 Å². The molecule has 1 aliphatic rings. The Morgan fingerprint density at radius 1 is 1.28 bits per heavy atom. The first-order valence-electron chi connectivity index (χ1n) is 8.49. The van der Waals surface area contributed by atoms with Gasteiger partial charge in [-0.15, -0.1) is 0 Å². The highest BCUT2D eigenvalue weighted by Gasteiger charge is 2.29. The molecule has 1 aliphatic heterocycles. The van der Waals surface area contributed by atoms with Crippen LogP contribution in [0.5, 0.6) is 5.75 Å². The zero-order valence-electron chi connectivity index (χ0n) is 14.4. The van der Waals surface area contributed by atoms with Crippen LogP contribution in [0.4, 0.5) is 0 Å². The molecule has 3 heterocycles. The normalized spacial score (nSPS) is 17.9. The van der Waals surface area contributed by atoms with Crippen LogP contribution in [0.2, 0.25) is 0 Å². The number of methoxy groups -OCH3 is 1. The van der Waals surface area contributed by atoms with Crippen molar-refractivity contribution >= 4 is 0 Å². The highest BCUT2D eigenvalue weighted by molar-refractivity contribution is 5.54. The minimum atomic E-state index is 0.266. The van der Waals surface area contributed by atoms with Crippen LogP contribution in [0.25, 0.3) is 11.5 Å². The molecule has 1 atom stereocenters. The minimum absolute atomic E-state index is 0.266. The van der Waals surface area contributed by atoms with E-state index in [1.807, 2.05) is 37.3 Å².